The molecule has 1 aromatic heterocycles. The lowest BCUT2D eigenvalue weighted by Gasteiger charge is -2.21. The molecular weight excluding hydrogens is 439 g/mol. The Hall–Kier alpha value is -3.88. The number of aryl methyl sites for hydroxylation is 3. The predicted molar refractivity (Wildman–Crippen MR) is 125 cm³/mol. The summed E-state index contributed by atoms with van der Waals surface area (Å²) in [5.74, 6) is -0.587. The van der Waals surface area contributed by atoms with Gasteiger partial charge in [0.15, 0.2) is 0 Å². The number of nitrogens with one attached hydrogen (secondary N) is 3. The number of carbonyl (C=O) groups excluding carboxylic acids is 3. The summed E-state index contributed by atoms with van der Waals surface area (Å²) in [5, 5.41) is 4.38. The molecule has 1 fully saturated rings. The molecule has 8 nitrogen and oxygen atoms in total. The van der Waals surface area contributed by atoms with E-state index in [2.05, 4.69) is 15.7 Å². The van der Waals surface area contributed by atoms with Gasteiger partial charge in [0, 0.05) is 23.0 Å². The van der Waals surface area contributed by atoms with E-state index in [-0.39, 0.29) is 12.2 Å². The Morgan fingerprint density at radius 1 is 1.15 bits per heavy atom. The van der Waals surface area contributed by atoms with Crippen LogP contribution in [0, 0.1) is 12.7 Å². The van der Waals surface area contributed by atoms with Gasteiger partial charge in [-0.25, -0.2) is 9.18 Å². The molecule has 2 heterocycles. The van der Waals surface area contributed by atoms with Crippen molar-refractivity contribution in [2.75, 3.05) is 7.11 Å². The SMILES string of the molecule is COc1ccc2[nH]c(C)c(CCC(=O)NN3C(=O)NC(C)(CCc4ccc(F)cc4)C3=O)c2c1. The summed E-state index contributed by atoms with van der Waals surface area (Å²) in [4.78, 5) is 41.3. The molecule has 0 saturated carbocycles. The van der Waals surface area contributed by atoms with E-state index in [0.29, 0.717) is 19.3 Å². The molecule has 1 saturated heterocycles. The normalized spacial score (nSPS) is 17.8. The highest BCUT2D eigenvalue weighted by Crippen LogP contribution is 2.27. The number of carbonyl (C=O) groups is 3. The minimum Gasteiger partial charge on any atom is -0.497 e. The minimum atomic E-state index is -1.16. The third kappa shape index (κ3) is 4.59. The second-order valence-corrected chi connectivity index (χ2v) is 8.70. The number of rotatable bonds is 8. The first-order chi connectivity index (χ1) is 16.2. The fourth-order valence-electron chi connectivity index (χ4n) is 4.23. The van der Waals surface area contributed by atoms with Crippen LogP contribution in [0.2, 0.25) is 0 Å². The zero-order chi connectivity index (χ0) is 24.5. The first-order valence-electron chi connectivity index (χ1n) is 11.1. The number of urea groups is 1. The predicted octanol–water partition coefficient (Wildman–Crippen LogP) is 3.53. The molecule has 1 atom stereocenters. The molecule has 1 unspecified atom stereocenters. The van der Waals surface area contributed by atoms with E-state index in [9.17, 15) is 18.8 Å². The quantitative estimate of drug-likeness (QED) is 0.442. The summed E-state index contributed by atoms with van der Waals surface area (Å²) in [5.41, 5.74) is 4.99. The third-order valence-corrected chi connectivity index (χ3v) is 6.25. The number of hydrogen-bond acceptors (Lipinski definition) is 4. The van der Waals surface area contributed by atoms with Crippen LogP contribution in [0.15, 0.2) is 42.5 Å². The summed E-state index contributed by atoms with van der Waals surface area (Å²) in [6, 6.07) is 11.0. The highest BCUT2D eigenvalue weighted by Gasteiger charge is 2.48. The second-order valence-electron chi connectivity index (χ2n) is 8.70. The van der Waals surface area contributed by atoms with Crippen molar-refractivity contribution in [1.82, 2.24) is 20.7 Å². The summed E-state index contributed by atoms with van der Waals surface area (Å²) < 4.78 is 18.4. The van der Waals surface area contributed by atoms with Crippen molar-refractivity contribution in [3.63, 3.8) is 0 Å². The molecule has 1 aliphatic heterocycles. The summed E-state index contributed by atoms with van der Waals surface area (Å²) in [6.45, 7) is 3.55. The van der Waals surface area contributed by atoms with Crippen LogP contribution in [0.4, 0.5) is 9.18 Å². The number of nitrogens with zero attached hydrogens (tertiary/aromatic N) is 1. The lowest BCUT2D eigenvalue weighted by atomic mass is 9.93. The van der Waals surface area contributed by atoms with E-state index in [1.54, 1.807) is 26.2 Å². The second kappa shape index (κ2) is 9.17. The Bertz CT molecular complexity index is 1250. The zero-order valence-corrected chi connectivity index (χ0v) is 19.3. The molecule has 4 rings (SSSR count). The number of halogens is 1. The van der Waals surface area contributed by atoms with Crippen molar-refractivity contribution in [2.24, 2.45) is 0 Å². The molecule has 1 aliphatic rings. The van der Waals surface area contributed by atoms with E-state index in [0.717, 1.165) is 38.5 Å². The Kier molecular flexibility index (Phi) is 6.28. The molecule has 4 amide bonds. The van der Waals surface area contributed by atoms with Crippen LogP contribution in [0.25, 0.3) is 10.9 Å². The number of fused-ring (bicyclic) bond motifs is 1. The minimum absolute atomic E-state index is 0.0916. The van der Waals surface area contributed by atoms with Crippen molar-refractivity contribution in [2.45, 2.75) is 45.1 Å². The molecular formula is C25H27FN4O4. The number of hydrazine groups is 1. The maximum Gasteiger partial charge on any atom is 0.344 e. The first-order valence-corrected chi connectivity index (χ1v) is 11.1. The van der Waals surface area contributed by atoms with Gasteiger partial charge in [-0.2, -0.15) is 5.01 Å². The Labute approximate surface area is 196 Å². The van der Waals surface area contributed by atoms with E-state index in [1.807, 2.05) is 25.1 Å². The highest BCUT2D eigenvalue weighted by molar-refractivity contribution is 6.07. The first kappa shape index (κ1) is 23.3. The average molecular weight is 467 g/mol. The summed E-state index contributed by atoms with van der Waals surface area (Å²) >= 11 is 0. The maximum atomic E-state index is 13.1. The van der Waals surface area contributed by atoms with Crippen molar-refractivity contribution in [3.05, 3.63) is 65.1 Å². The number of aromatic amines is 1. The Morgan fingerprint density at radius 2 is 1.88 bits per heavy atom. The summed E-state index contributed by atoms with van der Waals surface area (Å²) in [6.07, 6.45) is 1.30. The number of amides is 4. The van der Waals surface area contributed by atoms with Gasteiger partial charge in [-0.1, -0.05) is 12.1 Å². The molecule has 0 aliphatic carbocycles. The maximum absolute atomic E-state index is 13.1. The van der Waals surface area contributed by atoms with Gasteiger partial charge in [0.2, 0.25) is 5.91 Å². The van der Waals surface area contributed by atoms with Crippen molar-refractivity contribution < 1.29 is 23.5 Å². The van der Waals surface area contributed by atoms with Crippen molar-refractivity contribution in [3.8, 4) is 5.75 Å². The van der Waals surface area contributed by atoms with Crippen LogP contribution in [0.3, 0.4) is 0 Å². The largest absolute Gasteiger partial charge is 0.497 e. The van der Waals surface area contributed by atoms with Gasteiger partial charge < -0.3 is 15.0 Å². The highest BCUT2D eigenvalue weighted by atomic mass is 19.1. The van der Waals surface area contributed by atoms with Crippen LogP contribution in [-0.2, 0) is 22.4 Å². The lowest BCUT2D eigenvalue weighted by Crippen LogP contribution is -2.49. The smallest absolute Gasteiger partial charge is 0.344 e. The van der Waals surface area contributed by atoms with Gasteiger partial charge in [-0.15, -0.1) is 0 Å². The van der Waals surface area contributed by atoms with Gasteiger partial charge in [-0.05, 0) is 74.6 Å². The van der Waals surface area contributed by atoms with E-state index >= 15 is 0 Å². The Morgan fingerprint density at radius 3 is 2.59 bits per heavy atom. The standard InChI is InChI=1S/C25H27FN4O4/c1-15-19(20-14-18(34-3)8-10-21(20)27-15)9-11-22(31)29-30-23(32)25(2,28-24(30)33)13-12-16-4-6-17(26)7-5-16/h4-8,10,14,27H,9,11-13H2,1-3H3,(H,28,33)(H,29,31). The molecule has 0 spiro atoms. The Balaban J connectivity index is 1.38. The number of benzene rings is 2. The van der Waals surface area contributed by atoms with Crippen LogP contribution >= 0.6 is 0 Å². The zero-order valence-electron chi connectivity index (χ0n) is 19.3. The number of imide groups is 1. The average Bonchev–Trinajstić information content (AvgIpc) is 3.24. The molecule has 0 bridgehead atoms. The number of H-pyrrole nitrogens is 1. The van der Waals surface area contributed by atoms with Crippen molar-refractivity contribution >= 4 is 28.7 Å². The van der Waals surface area contributed by atoms with Crippen LogP contribution in [0.5, 0.6) is 5.75 Å². The molecule has 178 valence electrons. The molecule has 9 heteroatoms. The van der Waals surface area contributed by atoms with Gasteiger partial charge in [0.25, 0.3) is 5.91 Å². The fourth-order valence-corrected chi connectivity index (χ4v) is 4.23. The van der Waals surface area contributed by atoms with Crippen LogP contribution in [0.1, 0.15) is 36.6 Å². The molecule has 3 aromatic rings. The third-order valence-electron chi connectivity index (χ3n) is 6.25. The molecule has 34 heavy (non-hydrogen) atoms. The topological polar surface area (TPSA) is 104 Å². The van der Waals surface area contributed by atoms with E-state index in [1.165, 1.54) is 12.1 Å². The number of aromatic nitrogens is 1. The lowest BCUT2D eigenvalue weighted by molar-refractivity contribution is -0.138. The van der Waals surface area contributed by atoms with Crippen LogP contribution < -0.4 is 15.5 Å². The van der Waals surface area contributed by atoms with Crippen LogP contribution in [-0.4, -0.2) is 40.5 Å². The fraction of sp³-hybridized carbons (Fsp3) is 0.320. The summed E-state index contributed by atoms with van der Waals surface area (Å²) in [7, 11) is 1.60. The van der Waals surface area contributed by atoms with E-state index < -0.39 is 23.4 Å². The number of ether oxygens (including phenoxy) is 1. The van der Waals surface area contributed by atoms with Gasteiger partial charge in [-0.3, -0.25) is 15.0 Å². The van der Waals surface area contributed by atoms with E-state index in [4.69, 9.17) is 4.74 Å². The van der Waals surface area contributed by atoms with Gasteiger partial charge in [0.05, 0.1) is 7.11 Å². The van der Waals surface area contributed by atoms with Crippen molar-refractivity contribution in [1.29, 1.82) is 0 Å². The van der Waals surface area contributed by atoms with Gasteiger partial charge >= 0.3 is 6.03 Å². The molecule has 2 aromatic carbocycles. The molecule has 3 N–H and O–H groups in total. The monoisotopic (exact) mass is 466 g/mol. The number of hydrogen-bond donors (Lipinski definition) is 3. The number of methoxy groups -OCH3 is 1. The molecule has 0 radical (unpaired) electrons. The van der Waals surface area contributed by atoms with Gasteiger partial charge in [0.1, 0.15) is 17.1 Å².